The molecule has 54 heavy (non-hydrogen) atoms. The Labute approximate surface area is 334 Å². The van der Waals surface area contributed by atoms with E-state index < -0.39 is 90.4 Å². The van der Waals surface area contributed by atoms with Crippen LogP contribution in [0.15, 0.2) is 0 Å². The third-order valence-electron chi connectivity index (χ3n) is 13.7. The fourth-order valence-corrected chi connectivity index (χ4v) is 11.2. The average molecular weight is 803 g/mol. The first-order valence-corrected chi connectivity index (χ1v) is 22.9. The Balaban J connectivity index is 2.49. The highest BCUT2D eigenvalue weighted by Crippen LogP contribution is 2.50. The van der Waals surface area contributed by atoms with E-state index in [2.05, 4.69) is 76.2 Å². The molecule has 0 radical (unpaired) electrons. The number of rotatable bonds is 17. The number of Topliss-reactive ketones (excluding diaryl/α,β-unsaturated/α-hetero) is 1. The number of esters is 1. The molecule has 2 aliphatic heterocycles. The molecule has 2 heterocycles. The lowest BCUT2D eigenvalue weighted by molar-refractivity contribution is -0.188. The molecule has 0 amide bonds. The van der Waals surface area contributed by atoms with Crippen molar-refractivity contribution in [2.45, 2.75) is 215 Å². The van der Waals surface area contributed by atoms with Gasteiger partial charge in [0.1, 0.15) is 23.1 Å². The quantitative estimate of drug-likeness (QED) is 0.119. The van der Waals surface area contributed by atoms with Crippen molar-refractivity contribution in [1.82, 2.24) is 0 Å². The summed E-state index contributed by atoms with van der Waals surface area (Å²) in [6.07, 6.45) is -2.78. The molecule has 0 aromatic carbocycles. The maximum atomic E-state index is 14.6. The van der Waals surface area contributed by atoms with Crippen LogP contribution in [0.5, 0.6) is 0 Å². The topological polar surface area (TPSA) is 119 Å². The number of hydrogen-bond donors (Lipinski definition) is 1. The molecule has 318 valence electrons. The standard InChI is InChI=1S/C42H82O10Si2/c1-23-28(49-53-37(12,13)35(6,7)8)41(20)32(47-39(16,17)51-41)25(3)29(43)24(2)31(44)42(21)33(48-40(18,19)52-42)26(4)30(27(5)34(45)46-22)50-54-38(14,15)36(9,10)11/h24-28,30-33,44H,23,53-54H2,1-22H3. The minimum absolute atomic E-state index is 0.0126. The van der Waals surface area contributed by atoms with Gasteiger partial charge in [0.05, 0.1) is 37.4 Å². The van der Waals surface area contributed by atoms with Gasteiger partial charge >= 0.3 is 5.97 Å². The first kappa shape index (κ1) is 49.4. The van der Waals surface area contributed by atoms with Gasteiger partial charge in [-0.15, -0.1) is 0 Å². The van der Waals surface area contributed by atoms with E-state index in [4.69, 9.17) is 32.5 Å². The predicted molar refractivity (Wildman–Crippen MR) is 221 cm³/mol. The first-order chi connectivity index (χ1) is 24.1. The van der Waals surface area contributed by atoms with E-state index in [-0.39, 0.29) is 38.8 Å². The van der Waals surface area contributed by atoms with Crippen LogP contribution in [0, 0.1) is 34.5 Å². The molecule has 2 fully saturated rings. The maximum Gasteiger partial charge on any atom is 0.310 e. The molecular formula is C42H82O10Si2. The van der Waals surface area contributed by atoms with Gasteiger partial charge in [-0.05, 0) is 75.8 Å². The zero-order valence-corrected chi connectivity index (χ0v) is 41.3. The minimum atomic E-state index is -1.33. The van der Waals surface area contributed by atoms with Gasteiger partial charge in [0.15, 0.2) is 31.1 Å². The minimum Gasteiger partial charge on any atom is -0.469 e. The second-order valence-corrected chi connectivity index (χ2v) is 26.1. The lowest BCUT2D eigenvalue weighted by atomic mass is 9.73. The van der Waals surface area contributed by atoms with E-state index in [1.54, 1.807) is 6.92 Å². The van der Waals surface area contributed by atoms with Gasteiger partial charge < -0.3 is 37.6 Å². The molecule has 0 bridgehead atoms. The number of aliphatic hydroxyl groups excluding tert-OH is 1. The van der Waals surface area contributed by atoms with Gasteiger partial charge in [0, 0.05) is 17.8 Å². The van der Waals surface area contributed by atoms with Crippen LogP contribution in [0.1, 0.15) is 152 Å². The normalized spacial score (nSPS) is 30.7. The van der Waals surface area contributed by atoms with E-state index >= 15 is 0 Å². The number of ether oxygens (including phenoxy) is 5. The van der Waals surface area contributed by atoms with Crippen molar-refractivity contribution in [3.05, 3.63) is 0 Å². The number of methoxy groups -OCH3 is 1. The summed E-state index contributed by atoms with van der Waals surface area (Å²) in [5.41, 5.74) is -2.18. The highest BCUT2D eigenvalue weighted by molar-refractivity contribution is 6.32. The third kappa shape index (κ3) is 10.5. The van der Waals surface area contributed by atoms with Crippen LogP contribution in [0.2, 0.25) is 10.1 Å². The summed E-state index contributed by atoms with van der Waals surface area (Å²) in [4.78, 5) is 27.7. The van der Waals surface area contributed by atoms with Crippen LogP contribution in [0.3, 0.4) is 0 Å². The summed E-state index contributed by atoms with van der Waals surface area (Å²) in [5, 5.41) is 12.3. The molecule has 0 spiro atoms. The fraction of sp³-hybridized carbons (Fsp3) is 0.952. The summed E-state index contributed by atoms with van der Waals surface area (Å²) in [6, 6.07) is 0. The Morgan fingerprint density at radius 3 is 1.56 bits per heavy atom. The Kier molecular flexibility index (Phi) is 15.5. The van der Waals surface area contributed by atoms with Crippen molar-refractivity contribution in [2.24, 2.45) is 34.5 Å². The lowest BCUT2D eigenvalue weighted by Crippen LogP contribution is -2.58. The Bertz CT molecular complexity index is 1290. The van der Waals surface area contributed by atoms with Crippen LogP contribution in [0.4, 0.5) is 0 Å². The van der Waals surface area contributed by atoms with Crippen molar-refractivity contribution >= 4 is 31.3 Å². The van der Waals surface area contributed by atoms with Crippen LogP contribution in [-0.2, 0) is 42.1 Å². The van der Waals surface area contributed by atoms with Crippen LogP contribution in [0.25, 0.3) is 0 Å². The van der Waals surface area contributed by atoms with Crippen molar-refractivity contribution in [2.75, 3.05) is 7.11 Å². The first-order valence-electron chi connectivity index (χ1n) is 20.3. The Morgan fingerprint density at radius 1 is 0.704 bits per heavy atom. The Morgan fingerprint density at radius 2 is 1.13 bits per heavy atom. The molecule has 2 rings (SSSR count). The monoisotopic (exact) mass is 803 g/mol. The molecule has 0 aliphatic carbocycles. The van der Waals surface area contributed by atoms with E-state index in [9.17, 15) is 14.7 Å². The Hall–Kier alpha value is -0.706. The highest BCUT2D eigenvalue weighted by Gasteiger charge is 2.62. The van der Waals surface area contributed by atoms with Gasteiger partial charge in [0.25, 0.3) is 0 Å². The summed E-state index contributed by atoms with van der Waals surface area (Å²) >= 11 is 0. The van der Waals surface area contributed by atoms with Gasteiger partial charge in [-0.2, -0.15) is 0 Å². The molecule has 0 aromatic heterocycles. The number of carbonyl (C=O) groups is 2. The van der Waals surface area contributed by atoms with Crippen molar-refractivity contribution in [3.8, 4) is 0 Å². The van der Waals surface area contributed by atoms with E-state index in [0.717, 1.165) is 0 Å². The zero-order chi connectivity index (χ0) is 42.4. The van der Waals surface area contributed by atoms with Crippen molar-refractivity contribution < 1.29 is 47.2 Å². The van der Waals surface area contributed by atoms with Gasteiger partial charge in [-0.3, -0.25) is 9.59 Å². The average Bonchev–Trinajstić information content (AvgIpc) is 3.44. The van der Waals surface area contributed by atoms with Crippen LogP contribution < -0.4 is 0 Å². The second-order valence-electron chi connectivity index (χ2n) is 21.3. The SMILES string of the molecule is CCC(O[SiH2]C(C)(C)C(C)(C)C)C1(C)OC(C)(C)OC1C(C)C(=O)C(C)C(O)C1(C)OC(C)(C)OC1C(C)C(O[SiH2]C(C)(C)C(C)(C)C)C(C)C(=O)OC. The van der Waals surface area contributed by atoms with Gasteiger partial charge in [-0.1, -0.05) is 96.9 Å². The highest BCUT2D eigenvalue weighted by atomic mass is 28.2. The van der Waals surface area contributed by atoms with Crippen molar-refractivity contribution in [3.63, 3.8) is 0 Å². The van der Waals surface area contributed by atoms with E-state index in [1.807, 2.05) is 62.3 Å². The van der Waals surface area contributed by atoms with Gasteiger partial charge in [-0.25, -0.2) is 0 Å². The molecule has 0 saturated carbocycles. The molecule has 2 saturated heterocycles. The van der Waals surface area contributed by atoms with Crippen LogP contribution in [-0.4, -0.2) is 96.8 Å². The lowest BCUT2D eigenvalue weighted by Gasteiger charge is -2.44. The molecule has 2 aliphatic rings. The molecule has 10 nitrogen and oxygen atoms in total. The second kappa shape index (κ2) is 16.9. The summed E-state index contributed by atoms with van der Waals surface area (Å²) in [7, 11) is -0.852. The molecule has 11 atom stereocenters. The number of hydrogen-bond acceptors (Lipinski definition) is 10. The van der Waals surface area contributed by atoms with Crippen LogP contribution >= 0.6 is 0 Å². The number of carbonyl (C=O) groups excluding carboxylic acids is 2. The largest absolute Gasteiger partial charge is 0.469 e. The molecule has 12 heteroatoms. The summed E-state index contributed by atoms with van der Waals surface area (Å²) < 4.78 is 45.2. The summed E-state index contributed by atoms with van der Waals surface area (Å²) in [6.45, 7) is 43.0. The van der Waals surface area contributed by atoms with Gasteiger partial charge in [0.2, 0.25) is 0 Å². The fourth-order valence-electron chi connectivity index (χ4n) is 7.97. The zero-order valence-electron chi connectivity index (χ0n) is 38.4. The predicted octanol–water partition coefficient (Wildman–Crippen LogP) is 7.29. The smallest absolute Gasteiger partial charge is 0.310 e. The number of aliphatic hydroxyl groups is 1. The molecule has 0 aromatic rings. The molecule has 11 unspecified atom stereocenters. The van der Waals surface area contributed by atoms with E-state index in [0.29, 0.717) is 6.42 Å². The summed E-state index contributed by atoms with van der Waals surface area (Å²) in [5.74, 6) is -5.10. The van der Waals surface area contributed by atoms with Crippen molar-refractivity contribution in [1.29, 1.82) is 0 Å². The molecule has 1 N–H and O–H groups in total. The maximum absolute atomic E-state index is 14.6. The third-order valence-corrected chi connectivity index (χ3v) is 18.4. The number of ketones is 1. The molecular weight excluding hydrogens is 721 g/mol. The van der Waals surface area contributed by atoms with E-state index in [1.165, 1.54) is 7.11 Å².